The van der Waals surface area contributed by atoms with E-state index in [1.54, 1.807) is 14.2 Å². The van der Waals surface area contributed by atoms with E-state index in [1.807, 2.05) is 0 Å². The van der Waals surface area contributed by atoms with E-state index in [0.717, 1.165) is 0 Å². The summed E-state index contributed by atoms with van der Waals surface area (Å²) in [5.41, 5.74) is 0. The third-order valence-corrected chi connectivity index (χ3v) is 2.19. The molecule has 0 unspecified atom stereocenters. The summed E-state index contributed by atoms with van der Waals surface area (Å²) >= 11 is 0. The van der Waals surface area contributed by atoms with Crippen molar-refractivity contribution in [2.24, 2.45) is 0 Å². The molecule has 6 heteroatoms. The molecule has 0 radical (unpaired) electrons. The number of methoxy groups -OCH3 is 2. The molecule has 0 bridgehead atoms. The van der Waals surface area contributed by atoms with Crippen LogP contribution in [-0.2, 0) is 23.8 Å². The smallest absolute Gasteiger partial charge is 0.305 e. The molecule has 100 valence electrons. The van der Waals surface area contributed by atoms with Crippen LogP contribution in [0.4, 0.5) is 0 Å². The van der Waals surface area contributed by atoms with Gasteiger partial charge in [-0.25, -0.2) is 0 Å². The van der Waals surface area contributed by atoms with Crippen molar-refractivity contribution in [3.8, 4) is 0 Å². The number of ether oxygens (including phenoxy) is 3. The first-order valence-electron chi connectivity index (χ1n) is 5.49. The van der Waals surface area contributed by atoms with Crippen LogP contribution in [0.1, 0.15) is 12.8 Å². The summed E-state index contributed by atoms with van der Waals surface area (Å²) in [5.74, 6) is -0.367. The highest BCUT2D eigenvalue weighted by Crippen LogP contribution is 1.96. The third kappa shape index (κ3) is 8.65. The van der Waals surface area contributed by atoms with Crippen molar-refractivity contribution in [3.05, 3.63) is 0 Å². The zero-order valence-corrected chi connectivity index (χ0v) is 10.7. The second-order valence-corrected chi connectivity index (χ2v) is 3.54. The summed E-state index contributed by atoms with van der Waals surface area (Å²) < 4.78 is 14.4. The third-order valence-electron chi connectivity index (χ3n) is 2.19. The Hall–Kier alpha value is -1.14. The molecule has 0 aliphatic rings. The molecule has 0 heterocycles. The number of esters is 1. The lowest BCUT2D eigenvalue weighted by Gasteiger charge is -2.16. The topological polar surface area (TPSA) is 65.1 Å². The molecule has 0 aromatic rings. The number of amides is 1. The van der Waals surface area contributed by atoms with Gasteiger partial charge in [-0.15, -0.1) is 0 Å². The second kappa shape index (κ2) is 10.0. The number of hydrogen-bond acceptors (Lipinski definition) is 5. The highest BCUT2D eigenvalue weighted by molar-refractivity contribution is 5.77. The van der Waals surface area contributed by atoms with E-state index >= 15 is 0 Å². The van der Waals surface area contributed by atoms with Crippen LogP contribution < -0.4 is 0 Å². The average Bonchev–Trinajstić information content (AvgIpc) is 2.33. The van der Waals surface area contributed by atoms with E-state index in [-0.39, 0.29) is 18.5 Å². The Balaban J connectivity index is 3.56. The van der Waals surface area contributed by atoms with Crippen molar-refractivity contribution >= 4 is 11.9 Å². The van der Waals surface area contributed by atoms with E-state index in [1.165, 1.54) is 12.0 Å². The maximum atomic E-state index is 11.5. The summed E-state index contributed by atoms with van der Waals surface area (Å²) in [7, 11) is 4.60. The van der Waals surface area contributed by atoms with Gasteiger partial charge in [0, 0.05) is 27.1 Å². The number of carbonyl (C=O) groups excluding carboxylic acids is 2. The van der Waals surface area contributed by atoms with Gasteiger partial charge in [0.1, 0.15) is 6.61 Å². The van der Waals surface area contributed by atoms with Crippen LogP contribution in [0.5, 0.6) is 0 Å². The Bertz CT molecular complexity index is 232. The van der Waals surface area contributed by atoms with Gasteiger partial charge in [-0.2, -0.15) is 0 Å². The van der Waals surface area contributed by atoms with E-state index in [4.69, 9.17) is 9.47 Å². The van der Waals surface area contributed by atoms with Gasteiger partial charge in [-0.3, -0.25) is 9.59 Å². The van der Waals surface area contributed by atoms with Gasteiger partial charge in [0.05, 0.1) is 20.3 Å². The van der Waals surface area contributed by atoms with Crippen LogP contribution in [0.2, 0.25) is 0 Å². The molecule has 0 aliphatic carbocycles. The fourth-order valence-corrected chi connectivity index (χ4v) is 1.10. The maximum absolute atomic E-state index is 11.5. The lowest BCUT2D eigenvalue weighted by atomic mass is 10.3. The number of rotatable bonds is 9. The van der Waals surface area contributed by atoms with Crippen LogP contribution in [0.3, 0.4) is 0 Å². The number of hydrogen-bond donors (Lipinski definition) is 0. The van der Waals surface area contributed by atoms with Crippen molar-refractivity contribution < 1.29 is 23.8 Å². The van der Waals surface area contributed by atoms with E-state index in [2.05, 4.69) is 4.74 Å². The molecule has 0 saturated heterocycles. The molecule has 0 aromatic heterocycles. The Morgan fingerprint density at radius 1 is 1.18 bits per heavy atom. The average molecular weight is 247 g/mol. The molecule has 0 N–H and O–H groups in total. The second-order valence-electron chi connectivity index (χ2n) is 3.54. The van der Waals surface area contributed by atoms with E-state index in [0.29, 0.717) is 32.6 Å². The zero-order valence-electron chi connectivity index (χ0n) is 10.7. The zero-order chi connectivity index (χ0) is 13.1. The number of carbonyl (C=O) groups is 2. The summed E-state index contributed by atoms with van der Waals surface area (Å²) in [6.45, 7) is 1.43. The summed E-state index contributed by atoms with van der Waals surface area (Å²) in [6.07, 6.45) is 0.908. The Morgan fingerprint density at radius 3 is 2.47 bits per heavy atom. The molecular weight excluding hydrogens is 226 g/mol. The van der Waals surface area contributed by atoms with Crippen LogP contribution in [0.15, 0.2) is 0 Å². The minimum Gasteiger partial charge on any atom is -0.469 e. The molecule has 0 rings (SSSR count). The normalized spacial score (nSPS) is 10.1. The summed E-state index contributed by atoms with van der Waals surface area (Å²) in [4.78, 5) is 23.9. The highest BCUT2D eigenvalue weighted by atomic mass is 16.5. The minimum absolute atomic E-state index is 0.0398. The van der Waals surface area contributed by atoms with Crippen molar-refractivity contribution in [1.29, 1.82) is 0 Å². The van der Waals surface area contributed by atoms with Gasteiger partial charge in [-0.05, 0) is 6.42 Å². The molecule has 0 fully saturated rings. The molecule has 0 saturated carbocycles. The maximum Gasteiger partial charge on any atom is 0.305 e. The first-order chi connectivity index (χ1) is 8.11. The Labute approximate surface area is 102 Å². The van der Waals surface area contributed by atoms with Gasteiger partial charge in [0.15, 0.2) is 0 Å². The van der Waals surface area contributed by atoms with Crippen molar-refractivity contribution in [2.75, 3.05) is 47.6 Å². The van der Waals surface area contributed by atoms with Crippen molar-refractivity contribution in [3.63, 3.8) is 0 Å². The predicted octanol–water partition coefficient (Wildman–Crippen LogP) is 0.0610. The monoisotopic (exact) mass is 247 g/mol. The van der Waals surface area contributed by atoms with Gasteiger partial charge in [0.25, 0.3) is 0 Å². The quantitative estimate of drug-likeness (QED) is 0.426. The van der Waals surface area contributed by atoms with Crippen LogP contribution in [0.25, 0.3) is 0 Å². The van der Waals surface area contributed by atoms with Gasteiger partial charge in [-0.1, -0.05) is 0 Å². The number of likely N-dealkylation sites (N-methyl/N-ethyl adjacent to an activating group) is 1. The molecule has 0 spiro atoms. The lowest BCUT2D eigenvalue weighted by molar-refractivity contribution is -0.141. The Morgan fingerprint density at radius 2 is 1.88 bits per heavy atom. The van der Waals surface area contributed by atoms with Gasteiger partial charge >= 0.3 is 5.97 Å². The molecule has 0 aromatic carbocycles. The Kier molecular flexibility index (Phi) is 9.37. The first-order valence-corrected chi connectivity index (χ1v) is 5.49. The van der Waals surface area contributed by atoms with Gasteiger partial charge in [0.2, 0.25) is 5.91 Å². The van der Waals surface area contributed by atoms with Crippen molar-refractivity contribution in [1.82, 2.24) is 4.90 Å². The molecule has 1 amide bonds. The molecule has 17 heavy (non-hydrogen) atoms. The summed E-state index contributed by atoms with van der Waals surface area (Å²) in [5, 5.41) is 0. The fraction of sp³-hybridized carbons (Fsp3) is 0.818. The highest BCUT2D eigenvalue weighted by Gasteiger charge is 2.09. The van der Waals surface area contributed by atoms with Crippen LogP contribution in [0, 0.1) is 0 Å². The van der Waals surface area contributed by atoms with Gasteiger partial charge < -0.3 is 19.1 Å². The predicted molar refractivity (Wildman–Crippen MR) is 61.6 cm³/mol. The van der Waals surface area contributed by atoms with Crippen LogP contribution >= 0.6 is 0 Å². The van der Waals surface area contributed by atoms with E-state index in [9.17, 15) is 9.59 Å². The fourth-order valence-electron chi connectivity index (χ4n) is 1.10. The summed E-state index contributed by atoms with van der Waals surface area (Å²) in [6, 6.07) is 0. The molecule has 0 aliphatic heterocycles. The number of nitrogens with zero attached hydrogens (tertiary/aromatic N) is 1. The largest absolute Gasteiger partial charge is 0.469 e. The SMILES string of the molecule is COCCOCC(=O)N(C)CCCC(=O)OC. The molecular formula is C11H21NO5. The lowest BCUT2D eigenvalue weighted by Crippen LogP contribution is -2.31. The molecule has 6 nitrogen and oxygen atoms in total. The van der Waals surface area contributed by atoms with E-state index < -0.39 is 0 Å². The first kappa shape index (κ1) is 15.9. The van der Waals surface area contributed by atoms with Crippen LogP contribution in [-0.4, -0.2) is 64.4 Å². The molecule has 0 atom stereocenters. The standard InChI is InChI=1S/C11H21NO5/c1-12(6-4-5-11(14)16-3)10(13)9-17-8-7-15-2/h4-9H2,1-3H3. The minimum atomic E-state index is -0.262. The van der Waals surface area contributed by atoms with Crippen molar-refractivity contribution in [2.45, 2.75) is 12.8 Å².